The number of benzene rings is 1. The van der Waals surface area contributed by atoms with E-state index in [2.05, 4.69) is 20.7 Å². The molecule has 20 heavy (non-hydrogen) atoms. The van der Waals surface area contributed by atoms with Crippen LogP contribution in [-0.2, 0) is 20.0 Å². The first-order valence-electron chi connectivity index (χ1n) is 5.17. The lowest BCUT2D eigenvalue weighted by atomic mass is 10.4. The minimum absolute atomic E-state index is 0.0386. The minimum Gasteiger partial charge on any atom is -0.229 e. The summed E-state index contributed by atoms with van der Waals surface area (Å²) in [4.78, 5) is -0.250. The molecule has 0 aromatic heterocycles. The fourth-order valence-corrected chi connectivity index (χ4v) is 4.89. The summed E-state index contributed by atoms with van der Waals surface area (Å²) in [5.74, 6) is -0.322. The van der Waals surface area contributed by atoms with Crippen molar-refractivity contribution < 1.29 is 16.8 Å². The van der Waals surface area contributed by atoms with Crippen molar-refractivity contribution in [1.29, 1.82) is 0 Å². The quantitative estimate of drug-likeness (QED) is 0.676. The van der Waals surface area contributed by atoms with E-state index in [4.69, 9.17) is 28.3 Å². The minimum atomic E-state index is -3.93. The molecular weight excluding hydrogens is 415 g/mol. The number of nitrogens with two attached hydrogens (primary N) is 1. The molecule has 0 radical (unpaired) electrons. The monoisotopic (exact) mass is 424 g/mol. The molecular formula is C9H11BrCl2N2O4S2. The highest BCUT2D eigenvalue weighted by atomic mass is 79.9. The normalized spacial score (nSPS) is 12.6. The van der Waals surface area contributed by atoms with Crippen molar-refractivity contribution in [2.24, 2.45) is 5.14 Å². The van der Waals surface area contributed by atoms with Gasteiger partial charge in [0.1, 0.15) is 4.90 Å². The van der Waals surface area contributed by atoms with Gasteiger partial charge in [0.15, 0.2) is 0 Å². The molecule has 0 aliphatic heterocycles. The van der Waals surface area contributed by atoms with Crippen molar-refractivity contribution in [3.8, 4) is 0 Å². The average Bonchev–Trinajstić information content (AvgIpc) is 2.21. The van der Waals surface area contributed by atoms with Crippen LogP contribution in [0.3, 0.4) is 0 Å². The zero-order valence-electron chi connectivity index (χ0n) is 9.94. The first-order chi connectivity index (χ1) is 9.03. The number of halogens is 3. The molecule has 0 aliphatic rings. The Morgan fingerprint density at radius 3 is 2.10 bits per heavy atom. The van der Waals surface area contributed by atoms with Crippen molar-refractivity contribution in [3.05, 3.63) is 26.7 Å². The molecule has 1 aromatic carbocycles. The van der Waals surface area contributed by atoms with Gasteiger partial charge in [-0.15, -0.1) is 0 Å². The SMILES string of the molecule is NS(=O)(=O)CCCNS(=O)(=O)c1c(Cl)cc(Br)cc1Cl. The van der Waals surface area contributed by atoms with E-state index >= 15 is 0 Å². The van der Waals surface area contributed by atoms with Gasteiger partial charge in [0.25, 0.3) is 0 Å². The van der Waals surface area contributed by atoms with E-state index in [0.29, 0.717) is 4.47 Å². The third-order valence-corrected chi connectivity index (χ3v) is 5.83. The number of nitrogens with one attached hydrogen (secondary N) is 1. The highest BCUT2D eigenvalue weighted by Crippen LogP contribution is 2.32. The highest BCUT2D eigenvalue weighted by Gasteiger charge is 2.22. The molecule has 0 fully saturated rings. The van der Waals surface area contributed by atoms with E-state index < -0.39 is 20.0 Å². The highest BCUT2D eigenvalue weighted by molar-refractivity contribution is 9.10. The van der Waals surface area contributed by atoms with Crippen LogP contribution < -0.4 is 9.86 Å². The standard InChI is InChI=1S/C9H11BrCl2N2O4S2/c10-6-4-7(11)9(8(12)5-6)20(17,18)14-2-1-3-19(13,15)16/h4-5,14H,1-3H2,(H2,13,15,16). The van der Waals surface area contributed by atoms with Crippen LogP contribution in [0.15, 0.2) is 21.5 Å². The van der Waals surface area contributed by atoms with E-state index in [1.165, 1.54) is 12.1 Å². The number of rotatable bonds is 6. The van der Waals surface area contributed by atoms with Crippen molar-refractivity contribution >= 4 is 59.2 Å². The molecule has 114 valence electrons. The van der Waals surface area contributed by atoms with Crippen LogP contribution in [0.5, 0.6) is 0 Å². The van der Waals surface area contributed by atoms with E-state index in [9.17, 15) is 16.8 Å². The van der Waals surface area contributed by atoms with Crippen LogP contribution in [0.25, 0.3) is 0 Å². The second-order valence-corrected chi connectivity index (χ2v) is 8.98. The number of sulfonamides is 2. The van der Waals surface area contributed by atoms with E-state index in [0.717, 1.165) is 0 Å². The molecule has 0 heterocycles. The fourth-order valence-electron chi connectivity index (χ4n) is 1.34. The van der Waals surface area contributed by atoms with Crippen LogP contribution in [0.4, 0.5) is 0 Å². The summed E-state index contributed by atoms with van der Waals surface area (Å²) in [7, 11) is -7.55. The van der Waals surface area contributed by atoms with Crippen LogP contribution in [0.1, 0.15) is 6.42 Å². The summed E-state index contributed by atoms with van der Waals surface area (Å²) < 4.78 is 48.3. The van der Waals surface area contributed by atoms with Crippen molar-refractivity contribution in [2.75, 3.05) is 12.3 Å². The van der Waals surface area contributed by atoms with Gasteiger partial charge in [-0.25, -0.2) is 26.7 Å². The molecule has 0 unspecified atom stereocenters. The zero-order valence-corrected chi connectivity index (χ0v) is 14.7. The first-order valence-corrected chi connectivity index (χ1v) is 9.92. The van der Waals surface area contributed by atoms with Gasteiger partial charge in [-0.3, -0.25) is 0 Å². The molecule has 1 rings (SSSR count). The Bertz CT molecular complexity index is 684. The van der Waals surface area contributed by atoms with Gasteiger partial charge in [-0.05, 0) is 18.6 Å². The predicted octanol–water partition coefficient (Wildman–Crippen LogP) is 1.71. The molecule has 3 N–H and O–H groups in total. The molecule has 0 atom stereocenters. The van der Waals surface area contributed by atoms with Crippen molar-refractivity contribution in [2.45, 2.75) is 11.3 Å². The molecule has 0 bridgehead atoms. The number of hydrogen-bond donors (Lipinski definition) is 2. The Hall–Kier alpha value is 0.1000. The van der Waals surface area contributed by atoms with Gasteiger partial charge in [0, 0.05) is 11.0 Å². The molecule has 6 nitrogen and oxygen atoms in total. The zero-order chi connectivity index (χ0) is 15.6. The number of hydrogen-bond acceptors (Lipinski definition) is 4. The molecule has 0 saturated carbocycles. The summed E-state index contributed by atoms with van der Waals surface area (Å²) in [6, 6.07) is 2.79. The van der Waals surface area contributed by atoms with Gasteiger partial charge < -0.3 is 0 Å². The Morgan fingerprint density at radius 1 is 1.15 bits per heavy atom. The largest absolute Gasteiger partial charge is 0.243 e. The fraction of sp³-hybridized carbons (Fsp3) is 0.333. The van der Waals surface area contributed by atoms with Gasteiger partial charge in [0.05, 0.1) is 15.8 Å². The van der Waals surface area contributed by atoms with Gasteiger partial charge in [0.2, 0.25) is 20.0 Å². The van der Waals surface area contributed by atoms with Crippen LogP contribution in [-0.4, -0.2) is 29.1 Å². The van der Waals surface area contributed by atoms with E-state index in [-0.39, 0.29) is 33.7 Å². The Morgan fingerprint density at radius 2 is 1.65 bits per heavy atom. The topological polar surface area (TPSA) is 106 Å². The molecule has 1 aromatic rings. The maximum atomic E-state index is 12.0. The lowest BCUT2D eigenvalue weighted by Crippen LogP contribution is -2.28. The lowest BCUT2D eigenvalue weighted by molar-refractivity contribution is 0.576. The summed E-state index contributed by atoms with van der Waals surface area (Å²) >= 11 is 14.8. The molecule has 0 spiro atoms. The Balaban J connectivity index is 2.85. The smallest absolute Gasteiger partial charge is 0.229 e. The summed E-state index contributed by atoms with van der Waals surface area (Å²) in [6.07, 6.45) is 0.0455. The first kappa shape index (κ1) is 18.1. The predicted molar refractivity (Wildman–Crippen MR) is 81.9 cm³/mol. The van der Waals surface area contributed by atoms with Crippen LogP contribution in [0, 0.1) is 0 Å². The average molecular weight is 426 g/mol. The molecule has 0 saturated heterocycles. The van der Waals surface area contributed by atoms with Crippen LogP contribution >= 0.6 is 39.1 Å². The second kappa shape index (κ2) is 6.91. The maximum Gasteiger partial charge on any atom is 0.243 e. The van der Waals surface area contributed by atoms with Gasteiger partial charge in [-0.1, -0.05) is 39.1 Å². The lowest BCUT2D eigenvalue weighted by Gasteiger charge is -2.10. The van der Waals surface area contributed by atoms with E-state index in [1.807, 2.05) is 0 Å². The second-order valence-electron chi connectivity index (χ2n) is 3.82. The van der Waals surface area contributed by atoms with Gasteiger partial charge in [-0.2, -0.15) is 0 Å². The Kier molecular flexibility index (Phi) is 6.27. The maximum absolute atomic E-state index is 12.0. The molecule has 11 heteroatoms. The third-order valence-electron chi connectivity index (χ3n) is 2.13. The third kappa shape index (κ3) is 5.47. The van der Waals surface area contributed by atoms with Crippen molar-refractivity contribution in [3.63, 3.8) is 0 Å². The summed E-state index contributed by atoms with van der Waals surface area (Å²) in [5.41, 5.74) is 0. The van der Waals surface area contributed by atoms with Crippen molar-refractivity contribution in [1.82, 2.24) is 4.72 Å². The molecule has 0 aliphatic carbocycles. The molecule has 0 amide bonds. The van der Waals surface area contributed by atoms with Gasteiger partial charge >= 0.3 is 0 Å². The van der Waals surface area contributed by atoms with E-state index in [1.54, 1.807) is 0 Å². The summed E-state index contributed by atoms with van der Waals surface area (Å²) in [6.45, 7) is -0.0957. The van der Waals surface area contributed by atoms with Crippen LogP contribution in [0.2, 0.25) is 10.0 Å². The summed E-state index contributed by atoms with van der Waals surface area (Å²) in [5, 5.41) is 4.73. The number of primary sulfonamides is 1. The Labute approximate surface area is 135 Å².